The molecule has 2 aromatic rings. The fourth-order valence-electron chi connectivity index (χ4n) is 1.50. The lowest BCUT2D eigenvalue weighted by Gasteiger charge is -2.03. The Kier molecular flexibility index (Phi) is 3.42. The van der Waals surface area contributed by atoms with Gasteiger partial charge in [0.15, 0.2) is 4.77 Å². The van der Waals surface area contributed by atoms with Crippen molar-refractivity contribution in [3.8, 4) is 0 Å². The third kappa shape index (κ3) is 2.31. The Morgan fingerprint density at radius 2 is 2.12 bits per heavy atom. The first-order valence-electron chi connectivity index (χ1n) is 4.67. The van der Waals surface area contributed by atoms with E-state index in [1.807, 2.05) is 0 Å². The predicted molar refractivity (Wildman–Crippen MR) is 69.2 cm³/mol. The number of methoxy groups -OCH3 is 1. The Bertz CT molecular complexity index is 648. The molecule has 0 saturated heterocycles. The molecule has 0 atom stereocenters. The SMILES string of the molecule is COC(=O)Cn1c(=S)[nH]c2cc(Cl)c(Cl)cc21. The average Bonchev–Trinajstić information content (AvgIpc) is 2.56. The monoisotopic (exact) mass is 290 g/mol. The van der Waals surface area contributed by atoms with Crippen LogP contribution in [-0.4, -0.2) is 22.6 Å². The molecule has 0 amide bonds. The quantitative estimate of drug-likeness (QED) is 0.683. The van der Waals surface area contributed by atoms with E-state index < -0.39 is 0 Å². The first kappa shape index (κ1) is 12.4. The summed E-state index contributed by atoms with van der Waals surface area (Å²) in [5, 5.41) is 0.840. The molecule has 0 unspecified atom stereocenters. The van der Waals surface area contributed by atoms with Crippen molar-refractivity contribution in [2.75, 3.05) is 7.11 Å². The topological polar surface area (TPSA) is 47.0 Å². The number of imidazole rings is 1. The number of esters is 1. The highest BCUT2D eigenvalue weighted by Gasteiger charge is 2.11. The maximum atomic E-state index is 11.3. The van der Waals surface area contributed by atoms with Crippen LogP contribution < -0.4 is 0 Å². The molecular weight excluding hydrogens is 283 g/mol. The van der Waals surface area contributed by atoms with Crippen LogP contribution >= 0.6 is 35.4 Å². The summed E-state index contributed by atoms with van der Waals surface area (Å²) in [5.41, 5.74) is 1.45. The van der Waals surface area contributed by atoms with Gasteiger partial charge in [-0.1, -0.05) is 23.2 Å². The van der Waals surface area contributed by atoms with Crippen molar-refractivity contribution in [3.05, 3.63) is 26.9 Å². The van der Waals surface area contributed by atoms with Gasteiger partial charge < -0.3 is 14.3 Å². The van der Waals surface area contributed by atoms with Gasteiger partial charge in [0.1, 0.15) is 6.54 Å². The van der Waals surface area contributed by atoms with Crippen LogP contribution in [0.3, 0.4) is 0 Å². The second kappa shape index (κ2) is 4.68. The number of aromatic nitrogens is 2. The molecule has 17 heavy (non-hydrogen) atoms. The molecule has 0 aliphatic rings. The summed E-state index contributed by atoms with van der Waals surface area (Å²) in [7, 11) is 1.32. The van der Waals surface area contributed by atoms with Gasteiger partial charge in [-0.25, -0.2) is 0 Å². The van der Waals surface area contributed by atoms with Crippen molar-refractivity contribution >= 4 is 52.4 Å². The molecule has 4 nitrogen and oxygen atoms in total. The van der Waals surface area contributed by atoms with Crippen LogP contribution in [0, 0.1) is 4.77 Å². The van der Waals surface area contributed by atoms with Crippen molar-refractivity contribution in [2.24, 2.45) is 0 Å². The number of fused-ring (bicyclic) bond motifs is 1. The summed E-state index contributed by atoms with van der Waals surface area (Å²) >= 11 is 16.9. The van der Waals surface area contributed by atoms with Crippen LogP contribution in [0.25, 0.3) is 11.0 Å². The minimum Gasteiger partial charge on any atom is -0.468 e. The van der Waals surface area contributed by atoms with Crippen LogP contribution in [0.1, 0.15) is 0 Å². The molecule has 0 saturated carbocycles. The van der Waals surface area contributed by atoms with Crippen LogP contribution in [0.4, 0.5) is 0 Å². The summed E-state index contributed by atoms with van der Waals surface area (Å²) in [6, 6.07) is 3.33. The van der Waals surface area contributed by atoms with Crippen LogP contribution in [0.15, 0.2) is 12.1 Å². The zero-order valence-corrected chi connectivity index (χ0v) is 11.1. The van der Waals surface area contributed by atoms with Crippen LogP contribution in [0.2, 0.25) is 10.0 Å². The molecule has 0 bridgehead atoms. The third-order valence-electron chi connectivity index (χ3n) is 2.33. The Hall–Kier alpha value is -1.04. The first-order chi connectivity index (χ1) is 8.02. The highest BCUT2D eigenvalue weighted by atomic mass is 35.5. The van der Waals surface area contributed by atoms with E-state index in [9.17, 15) is 4.79 Å². The second-order valence-corrected chi connectivity index (χ2v) is 4.58. The number of carbonyl (C=O) groups is 1. The van der Waals surface area contributed by atoms with Gasteiger partial charge in [-0.2, -0.15) is 0 Å². The highest BCUT2D eigenvalue weighted by Crippen LogP contribution is 2.27. The van der Waals surface area contributed by atoms with E-state index in [2.05, 4.69) is 9.72 Å². The van der Waals surface area contributed by atoms with Gasteiger partial charge >= 0.3 is 5.97 Å². The van der Waals surface area contributed by atoms with E-state index >= 15 is 0 Å². The number of halogens is 2. The Labute approximate surface area is 112 Å². The summed E-state index contributed by atoms with van der Waals surface area (Å²) in [6.45, 7) is 0.0350. The summed E-state index contributed by atoms with van der Waals surface area (Å²) in [4.78, 5) is 14.2. The van der Waals surface area contributed by atoms with Gasteiger partial charge in [0.25, 0.3) is 0 Å². The molecular formula is C10H8Cl2N2O2S. The van der Waals surface area contributed by atoms with Gasteiger partial charge in [0.05, 0.1) is 28.2 Å². The molecule has 1 heterocycles. The number of nitrogens with zero attached hydrogens (tertiary/aromatic N) is 1. The number of hydrogen-bond donors (Lipinski definition) is 1. The van der Waals surface area contributed by atoms with E-state index in [4.69, 9.17) is 35.4 Å². The largest absolute Gasteiger partial charge is 0.468 e. The van der Waals surface area contributed by atoms with Crippen LogP contribution in [-0.2, 0) is 16.1 Å². The molecule has 90 valence electrons. The molecule has 1 aromatic carbocycles. The normalized spacial score (nSPS) is 10.8. The fourth-order valence-corrected chi connectivity index (χ4v) is 2.10. The fraction of sp³-hybridized carbons (Fsp3) is 0.200. The Morgan fingerprint density at radius 1 is 1.47 bits per heavy atom. The predicted octanol–water partition coefficient (Wildman–Crippen LogP) is 3.18. The van der Waals surface area contributed by atoms with E-state index in [-0.39, 0.29) is 12.5 Å². The van der Waals surface area contributed by atoms with Crippen molar-refractivity contribution in [3.63, 3.8) is 0 Å². The van der Waals surface area contributed by atoms with Gasteiger partial charge in [0.2, 0.25) is 0 Å². The van der Waals surface area contributed by atoms with Gasteiger partial charge in [-0.05, 0) is 24.4 Å². The zero-order chi connectivity index (χ0) is 12.6. The molecule has 1 N–H and O–H groups in total. The van der Waals surface area contributed by atoms with Crippen molar-refractivity contribution < 1.29 is 9.53 Å². The summed E-state index contributed by atoms with van der Waals surface area (Å²) in [5.74, 6) is -0.381. The van der Waals surface area contributed by atoms with Crippen molar-refractivity contribution in [1.82, 2.24) is 9.55 Å². The lowest BCUT2D eigenvalue weighted by atomic mass is 10.3. The number of rotatable bonds is 2. The minimum absolute atomic E-state index is 0.0350. The number of ether oxygens (including phenoxy) is 1. The number of hydrogen-bond acceptors (Lipinski definition) is 3. The van der Waals surface area contributed by atoms with Gasteiger partial charge in [-0.15, -0.1) is 0 Å². The van der Waals surface area contributed by atoms with E-state index in [1.165, 1.54) is 7.11 Å². The molecule has 7 heteroatoms. The maximum absolute atomic E-state index is 11.3. The Morgan fingerprint density at radius 3 is 2.76 bits per heavy atom. The minimum atomic E-state index is -0.381. The van der Waals surface area contributed by atoms with E-state index in [0.717, 1.165) is 11.0 Å². The smallest absolute Gasteiger partial charge is 0.325 e. The first-order valence-corrected chi connectivity index (χ1v) is 5.83. The number of benzene rings is 1. The van der Waals surface area contributed by atoms with E-state index in [1.54, 1.807) is 16.7 Å². The molecule has 0 aliphatic heterocycles. The number of carbonyl (C=O) groups excluding carboxylic acids is 1. The zero-order valence-electron chi connectivity index (χ0n) is 8.79. The summed E-state index contributed by atoms with van der Waals surface area (Å²) < 4.78 is 6.63. The molecule has 0 fully saturated rings. The molecule has 2 rings (SSSR count). The number of nitrogens with one attached hydrogen (secondary N) is 1. The van der Waals surface area contributed by atoms with Gasteiger partial charge in [-0.3, -0.25) is 4.79 Å². The number of aromatic amines is 1. The maximum Gasteiger partial charge on any atom is 0.325 e. The lowest BCUT2D eigenvalue weighted by molar-refractivity contribution is -0.141. The highest BCUT2D eigenvalue weighted by molar-refractivity contribution is 7.71. The second-order valence-electron chi connectivity index (χ2n) is 3.38. The third-order valence-corrected chi connectivity index (χ3v) is 3.38. The van der Waals surface area contributed by atoms with Gasteiger partial charge in [0, 0.05) is 0 Å². The molecule has 0 radical (unpaired) electrons. The number of H-pyrrole nitrogens is 1. The molecule has 1 aromatic heterocycles. The Balaban J connectivity index is 2.62. The summed E-state index contributed by atoms with van der Waals surface area (Å²) in [6.07, 6.45) is 0. The average molecular weight is 291 g/mol. The molecule has 0 aliphatic carbocycles. The lowest BCUT2D eigenvalue weighted by Crippen LogP contribution is -2.11. The van der Waals surface area contributed by atoms with Crippen molar-refractivity contribution in [1.29, 1.82) is 0 Å². The molecule has 0 spiro atoms. The van der Waals surface area contributed by atoms with E-state index in [0.29, 0.717) is 14.8 Å². The standard InChI is InChI=1S/C10H8Cl2N2O2S/c1-16-9(15)4-14-8-3-6(12)5(11)2-7(8)13-10(14)17/h2-3H,4H2,1H3,(H,13,17). The van der Waals surface area contributed by atoms with Crippen molar-refractivity contribution in [2.45, 2.75) is 6.54 Å². The van der Waals surface area contributed by atoms with Crippen LogP contribution in [0.5, 0.6) is 0 Å².